The molecule has 0 nitrogen and oxygen atoms in total. The Morgan fingerprint density at radius 3 is 2.29 bits per heavy atom. The normalized spacial score (nSPS) is 10.4. The molecule has 0 bridgehead atoms. The molecule has 0 saturated carbocycles. The maximum absolute atomic E-state index is 11.9. The first-order chi connectivity index (χ1) is 6.83. The van der Waals surface area contributed by atoms with Crippen molar-refractivity contribution >= 4 is 0 Å². The lowest BCUT2D eigenvalue weighted by molar-refractivity contribution is 0.698. The second kappa shape index (κ2) is 8.49. The average molecular weight is 194 g/mol. The van der Waals surface area contributed by atoms with Gasteiger partial charge >= 0.3 is 0 Å². The summed E-state index contributed by atoms with van der Waals surface area (Å²) in [6.45, 7) is 5.81. The first-order valence-electron chi connectivity index (χ1n) is 5.12. The molecule has 0 heterocycles. The fourth-order valence-electron chi connectivity index (χ4n) is 1.04. The van der Waals surface area contributed by atoms with Crippen molar-refractivity contribution in [2.24, 2.45) is 0 Å². The molecule has 0 spiro atoms. The van der Waals surface area contributed by atoms with Gasteiger partial charge in [0.05, 0.1) is 6.33 Å². The van der Waals surface area contributed by atoms with Crippen LogP contribution in [0, 0.1) is 0 Å². The van der Waals surface area contributed by atoms with Crippen LogP contribution in [-0.4, -0.2) is 0 Å². The van der Waals surface area contributed by atoms with Gasteiger partial charge in [-0.3, -0.25) is 0 Å². The predicted octanol–water partition coefficient (Wildman–Crippen LogP) is 4.52. The molecular weight excluding hydrogens is 175 g/mol. The number of benzene rings is 1. The number of hydrogen-bond donors (Lipinski definition) is 0. The number of aryl methyl sites for hydroxylation is 1. The molecule has 1 heteroatoms. The third kappa shape index (κ3) is 5.52. The van der Waals surface area contributed by atoms with E-state index in [0.29, 0.717) is 6.33 Å². The molecule has 0 amide bonds. The van der Waals surface area contributed by atoms with Crippen molar-refractivity contribution < 1.29 is 4.39 Å². The van der Waals surface area contributed by atoms with Gasteiger partial charge < -0.3 is 0 Å². The first-order valence-corrected chi connectivity index (χ1v) is 5.12. The summed E-state index contributed by atoms with van der Waals surface area (Å²) in [5, 5.41) is 0. The van der Waals surface area contributed by atoms with Gasteiger partial charge in [0, 0.05) is 0 Å². The van der Waals surface area contributed by atoms with E-state index in [-0.39, 0.29) is 0 Å². The van der Waals surface area contributed by atoms with Gasteiger partial charge in [0.1, 0.15) is 0 Å². The van der Waals surface area contributed by atoms with E-state index in [2.05, 4.69) is 12.1 Å². The van der Waals surface area contributed by atoms with Crippen LogP contribution in [0.25, 0.3) is 0 Å². The van der Waals surface area contributed by atoms with Crippen LogP contribution in [0.5, 0.6) is 0 Å². The third-order valence-electron chi connectivity index (χ3n) is 1.84. The van der Waals surface area contributed by atoms with Gasteiger partial charge in [0.25, 0.3) is 0 Å². The number of rotatable bonds is 3. The average Bonchev–Trinajstić information content (AvgIpc) is 2.30. The van der Waals surface area contributed by atoms with Crippen LogP contribution in [0.1, 0.15) is 32.8 Å². The molecule has 0 aromatic heterocycles. The van der Waals surface area contributed by atoms with Gasteiger partial charge in [0.15, 0.2) is 0 Å². The van der Waals surface area contributed by atoms with Crippen LogP contribution in [-0.2, 0) is 6.42 Å². The van der Waals surface area contributed by atoms with Gasteiger partial charge in [-0.1, -0.05) is 44.2 Å². The standard InChI is InChI=1S/C11H13F.C2H6/c1-10(9-12)7-8-11-5-3-2-4-6-11;1-2/h2-6,9H,7-8H2,1H3;1-2H3/b10-9+;. The zero-order valence-electron chi connectivity index (χ0n) is 9.26. The van der Waals surface area contributed by atoms with E-state index < -0.39 is 0 Å². The van der Waals surface area contributed by atoms with E-state index in [1.807, 2.05) is 39.0 Å². The Labute approximate surface area is 86.5 Å². The summed E-state index contributed by atoms with van der Waals surface area (Å²) in [6.07, 6.45) is 2.41. The summed E-state index contributed by atoms with van der Waals surface area (Å²) in [5.74, 6) is 0. The second-order valence-electron chi connectivity index (χ2n) is 2.94. The summed E-state index contributed by atoms with van der Waals surface area (Å²) in [6, 6.07) is 10.1. The highest BCUT2D eigenvalue weighted by Crippen LogP contribution is 2.08. The van der Waals surface area contributed by atoms with E-state index in [9.17, 15) is 4.39 Å². The fraction of sp³-hybridized carbons (Fsp3) is 0.385. The molecule has 0 saturated heterocycles. The van der Waals surface area contributed by atoms with Crippen molar-refractivity contribution in [3.05, 3.63) is 47.8 Å². The molecule has 0 fully saturated rings. The van der Waals surface area contributed by atoms with Crippen molar-refractivity contribution in [1.29, 1.82) is 0 Å². The number of allylic oxidation sites excluding steroid dienone is 1. The van der Waals surface area contributed by atoms with Gasteiger partial charge in [-0.05, 0) is 30.9 Å². The third-order valence-corrected chi connectivity index (χ3v) is 1.84. The van der Waals surface area contributed by atoms with Crippen molar-refractivity contribution in [2.75, 3.05) is 0 Å². The van der Waals surface area contributed by atoms with Gasteiger partial charge in [-0.2, -0.15) is 0 Å². The zero-order valence-corrected chi connectivity index (χ0v) is 9.26. The molecule has 1 rings (SSSR count). The monoisotopic (exact) mass is 194 g/mol. The topological polar surface area (TPSA) is 0 Å². The van der Waals surface area contributed by atoms with Gasteiger partial charge in [0.2, 0.25) is 0 Å². The first kappa shape index (κ1) is 12.9. The SMILES string of the molecule is C/C(=C\F)CCc1ccccc1.CC. The predicted molar refractivity (Wildman–Crippen MR) is 61.0 cm³/mol. The molecular formula is C13H19F. The Morgan fingerprint density at radius 1 is 1.21 bits per heavy atom. The molecule has 0 aliphatic rings. The Kier molecular flexibility index (Phi) is 7.81. The maximum atomic E-state index is 11.9. The van der Waals surface area contributed by atoms with Crippen LogP contribution in [0.4, 0.5) is 4.39 Å². The molecule has 1 aromatic rings. The quantitative estimate of drug-likeness (QED) is 0.663. The molecule has 0 aliphatic heterocycles. The minimum atomic E-state index is 0.683. The molecule has 0 aliphatic carbocycles. The van der Waals surface area contributed by atoms with Crippen LogP contribution in [0.2, 0.25) is 0 Å². The maximum Gasteiger partial charge on any atom is 0.0856 e. The van der Waals surface area contributed by atoms with Crippen LogP contribution in [0.3, 0.4) is 0 Å². The summed E-state index contributed by atoms with van der Waals surface area (Å²) in [7, 11) is 0. The molecule has 78 valence electrons. The Bertz CT molecular complexity index is 249. The highest BCUT2D eigenvalue weighted by Gasteiger charge is 1.92. The van der Waals surface area contributed by atoms with Crippen molar-refractivity contribution in [1.82, 2.24) is 0 Å². The number of halogens is 1. The highest BCUT2D eigenvalue weighted by molar-refractivity contribution is 5.15. The molecule has 1 aromatic carbocycles. The van der Waals surface area contributed by atoms with Crippen molar-refractivity contribution in [3.8, 4) is 0 Å². The summed E-state index contributed by atoms with van der Waals surface area (Å²) in [4.78, 5) is 0. The fourth-order valence-corrected chi connectivity index (χ4v) is 1.04. The lowest BCUT2D eigenvalue weighted by atomic mass is 10.1. The Morgan fingerprint density at radius 2 is 1.79 bits per heavy atom. The van der Waals surface area contributed by atoms with Crippen molar-refractivity contribution in [2.45, 2.75) is 33.6 Å². The van der Waals surface area contributed by atoms with E-state index in [1.54, 1.807) is 0 Å². The number of hydrogen-bond acceptors (Lipinski definition) is 0. The Balaban J connectivity index is 0.000000791. The van der Waals surface area contributed by atoms with Crippen LogP contribution < -0.4 is 0 Å². The Hall–Kier alpha value is -1.11. The molecule has 0 N–H and O–H groups in total. The van der Waals surface area contributed by atoms with Crippen LogP contribution >= 0.6 is 0 Å². The van der Waals surface area contributed by atoms with Gasteiger partial charge in [-0.25, -0.2) is 4.39 Å². The summed E-state index contributed by atoms with van der Waals surface area (Å²) >= 11 is 0. The molecule has 0 unspecified atom stereocenters. The summed E-state index contributed by atoms with van der Waals surface area (Å²) < 4.78 is 11.9. The van der Waals surface area contributed by atoms with E-state index in [1.165, 1.54) is 5.56 Å². The lowest BCUT2D eigenvalue weighted by Crippen LogP contribution is -1.84. The van der Waals surface area contributed by atoms with E-state index >= 15 is 0 Å². The largest absolute Gasteiger partial charge is 0.216 e. The van der Waals surface area contributed by atoms with E-state index in [0.717, 1.165) is 18.4 Å². The van der Waals surface area contributed by atoms with E-state index in [4.69, 9.17) is 0 Å². The minimum Gasteiger partial charge on any atom is -0.216 e. The molecule has 0 radical (unpaired) electrons. The minimum absolute atomic E-state index is 0.683. The van der Waals surface area contributed by atoms with Gasteiger partial charge in [-0.15, -0.1) is 0 Å². The lowest BCUT2D eigenvalue weighted by Gasteiger charge is -1.99. The van der Waals surface area contributed by atoms with Crippen LogP contribution in [0.15, 0.2) is 42.2 Å². The highest BCUT2D eigenvalue weighted by atomic mass is 19.1. The molecule has 0 atom stereocenters. The van der Waals surface area contributed by atoms with Crippen molar-refractivity contribution in [3.63, 3.8) is 0 Å². The second-order valence-corrected chi connectivity index (χ2v) is 2.94. The summed E-state index contributed by atoms with van der Waals surface area (Å²) in [5.41, 5.74) is 2.07. The smallest absolute Gasteiger partial charge is 0.0856 e. The molecule has 14 heavy (non-hydrogen) atoms. The zero-order chi connectivity index (χ0) is 10.8.